The van der Waals surface area contributed by atoms with Crippen molar-refractivity contribution in [2.75, 3.05) is 50.7 Å². The molecule has 3 aliphatic rings. The number of amides is 1. The molecule has 0 radical (unpaired) electrons. The molecule has 4 heterocycles. The van der Waals surface area contributed by atoms with Crippen molar-refractivity contribution in [2.45, 2.75) is 37.8 Å². The van der Waals surface area contributed by atoms with Crippen LogP contribution in [0.25, 0.3) is 22.0 Å². The minimum Gasteiger partial charge on any atom is -0.495 e. The average molecular weight is 599 g/mol. The van der Waals surface area contributed by atoms with Crippen molar-refractivity contribution < 1.29 is 19.0 Å². The van der Waals surface area contributed by atoms with Crippen molar-refractivity contribution in [2.24, 2.45) is 5.41 Å². The molecule has 3 aromatic rings. The minimum absolute atomic E-state index is 0.132. The van der Waals surface area contributed by atoms with Crippen LogP contribution in [-0.2, 0) is 9.53 Å². The van der Waals surface area contributed by atoms with E-state index in [2.05, 4.69) is 22.1 Å². The Morgan fingerprint density at radius 2 is 1.78 bits per heavy atom. The van der Waals surface area contributed by atoms with Gasteiger partial charge in [0, 0.05) is 47.1 Å². The summed E-state index contributed by atoms with van der Waals surface area (Å²) >= 11 is 13.6. The number of hydrogen-bond acceptors (Lipinski definition) is 8. The Hall–Kier alpha value is -3.27. The maximum Gasteiger partial charge on any atom is 0.243 e. The Morgan fingerprint density at radius 1 is 1.10 bits per heavy atom. The van der Waals surface area contributed by atoms with Crippen LogP contribution >= 0.6 is 23.2 Å². The molecule has 0 bridgehead atoms. The second kappa shape index (κ2) is 11.2. The molecule has 0 unspecified atom stereocenters. The summed E-state index contributed by atoms with van der Waals surface area (Å²) in [4.78, 5) is 24.1. The fourth-order valence-electron chi connectivity index (χ4n) is 6.31. The van der Waals surface area contributed by atoms with Crippen LogP contribution < -0.4 is 25.0 Å². The normalized spacial score (nSPS) is 21.1. The largest absolute Gasteiger partial charge is 0.495 e. The minimum atomic E-state index is -0.233. The molecule has 1 aliphatic carbocycles. The first-order valence-corrected chi connectivity index (χ1v) is 14.5. The van der Waals surface area contributed by atoms with Gasteiger partial charge in [0.2, 0.25) is 5.91 Å². The smallest absolute Gasteiger partial charge is 0.243 e. The number of ether oxygens (including phenoxy) is 3. The van der Waals surface area contributed by atoms with Crippen LogP contribution in [0.5, 0.6) is 11.5 Å². The van der Waals surface area contributed by atoms with E-state index in [0.29, 0.717) is 57.2 Å². The average Bonchev–Trinajstić information content (AvgIpc) is 3.62. The summed E-state index contributed by atoms with van der Waals surface area (Å²) < 4.78 is 16.7. The number of pyridine rings is 2. The molecule has 6 rings (SSSR count). The first-order chi connectivity index (χ1) is 19.8. The molecule has 41 heavy (non-hydrogen) atoms. The van der Waals surface area contributed by atoms with Crippen LogP contribution in [0.1, 0.15) is 25.7 Å². The van der Waals surface area contributed by atoms with Crippen LogP contribution in [0.2, 0.25) is 10.0 Å². The summed E-state index contributed by atoms with van der Waals surface area (Å²) in [6, 6.07) is 5.31. The van der Waals surface area contributed by atoms with Gasteiger partial charge in [-0.25, -0.2) is 9.97 Å². The highest BCUT2D eigenvalue weighted by atomic mass is 35.5. The van der Waals surface area contributed by atoms with Gasteiger partial charge >= 0.3 is 0 Å². The van der Waals surface area contributed by atoms with Crippen molar-refractivity contribution >= 4 is 51.5 Å². The molecule has 2 aliphatic heterocycles. The van der Waals surface area contributed by atoms with Crippen molar-refractivity contribution in [3.63, 3.8) is 0 Å². The predicted molar refractivity (Wildman–Crippen MR) is 162 cm³/mol. The van der Waals surface area contributed by atoms with E-state index in [1.165, 1.54) is 31.8 Å². The van der Waals surface area contributed by atoms with Gasteiger partial charge in [0.05, 0.1) is 55.3 Å². The van der Waals surface area contributed by atoms with Crippen LogP contribution in [0.15, 0.2) is 37.1 Å². The van der Waals surface area contributed by atoms with Gasteiger partial charge in [0.25, 0.3) is 0 Å². The van der Waals surface area contributed by atoms with Gasteiger partial charge in [0.15, 0.2) is 0 Å². The molecule has 1 amide bonds. The third-order valence-electron chi connectivity index (χ3n) is 8.47. The van der Waals surface area contributed by atoms with Gasteiger partial charge in [-0.3, -0.25) is 4.79 Å². The highest BCUT2D eigenvalue weighted by Crippen LogP contribution is 2.50. The maximum absolute atomic E-state index is 11.9. The van der Waals surface area contributed by atoms with Crippen molar-refractivity contribution in [1.82, 2.24) is 15.3 Å². The topological polar surface area (TPSA) is 97.8 Å². The van der Waals surface area contributed by atoms with Gasteiger partial charge in [-0.15, -0.1) is 0 Å². The summed E-state index contributed by atoms with van der Waals surface area (Å²) in [5, 5.41) is 8.98. The maximum atomic E-state index is 11.9. The zero-order valence-electron chi connectivity index (χ0n) is 23.1. The molecule has 9 nitrogen and oxygen atoms in total. The van der Waals surface area contributed by atoms with Crippen LogP contribution in [0, 0.1) is 5.41 Å². The molecule has 1 aromatic carbocycles. The lowest BCUT2D eigenvalue weighted by molar-refractivity contribution is -0.117. The molecular weight excluding hydrogens is 565 g/mol. The number of rotatable bonds is 8. The van der Waals surface area contributed by atoms with Crippen LogP contribution in [-0.4, -0.2) is 68.5 Å². The summed E-state index contributed by atoms with van der Waals surface area (Å²) in [6.07, 6.45) is 8.15. The third-order valence-corrected chi connectivity index (χ3v) is 9.22. The number of nitrogens with zero attached hydrogens (tertiary/aromatic N) is 3. The Balaban J connectivity index is 1.41. The summed E-state index contributed by atoms with van der Waals surface area (Å²) in [7, 11) is 3.11. The lowest BCUT2D eigenvalue weighted by Crippen LogP contribution is -2.55. The molecule has 2 saturated heterocycles. The third kappa shape index (κ3) is 5.15. The van der Waals surface area contributed by atoms with Crippen molar-refractivity contribution in [3.8, 4) is 22.8 Å². The fraction of sp³-hybridized carbons (Fsp3) is 0.433. The van der Waals surface area contributed by atoms with E-state index in [1.54, 1.807) is 20.3 Å². The number of nitrogens with one attached hydrogen (secondary N) is 2. The second-order valence-electron chi connectivity index (χ2n) is 11.1. The first-order valence-electron chi connectivity index (χ1n) is 13.8. The lowest BCUT2D eigenvalue weighted by atomic mass is 9.78. The molecule has 2 N–H and O–H groups in total. The zero-order chi connectivity index (χ0) is 28.7. The Labute approximate surface area is 249 Å². The molecule has 1 spiro atoms. The number of hydrogen-bond donors (Lipinski definition) is 2. The Kier molecular flexibility index (Phi) is 7.61. The van der Waals surface area contributed by atoms with Gasteiger partial charge in [0.1, 0.15) is 23.1 Å². The highest BCUT2D eigenvalue weighted by molar-refractivity contribution is 6.41. The highest BCUT2D eigenvalue weighted by Gasteiger charge is 2.45. The van der Waals surface area contributed by atoms with E-state index in [-0.39, 0.29) is 18.0 Å². The quantitative estimate of drug-likeness (QED) is 0.329. The monoisotopic (exact) mass is 597 g/mol. The number of benzene rings is 1. The van der Waals surface area contributed by atoms with Gasteiger partial charge in [-0.1, -0.05) is 42.6 Å². The van der Waals surface area contributed by atoms with Crippen molar-refractivity contribution in [3.05, 3.63) is 47.1 Å². The van der Waals surface area contributed by atoms with E-state index in [9.17, 15) is 4.79 Å². The van der Waals surface area contributed by atoms with Crippen LogP contribution in [0.4, 0.5) is 11.6 Å². The zero-order valence-corrected chi connectivity index (χ0v) is 24.6. The second-order valence-corrected chi connectivity index (χ2v) is 11.8. The first kappa shape index (κ1) is 27.9. The predicted octanol–water partition coefficient (Wildman–Crippen LogP) is 5.48. The van der Waals surface area contributed by atoms with E-state index in [0.717, 1.165) is 29.7 Å². The Morgan fingerprint density at radius 3 is 2.44 bits per heavy atom. The molecule has 3 fully saturated rings. The SMILES string of the molecule is C=CC(=O)N[C@H]1COC[C@H]1Nc1cc2c(N3CC4(CCCC4)C3)nc(-c3c(Cl)c(OC)cc(OC)c3Cl)cc2cn1. The molecule has 2 atom stereocenters. The van der Waals surface area contributed by atoms with E-state index >= 15 is 0 Å². The summed E-state index contributed by atoms with van der Waals surface area (Å²) in [5.74, 6) is 2.21. The lowest BCUT2D eigenvalue weighted by Gasteiger charge is -2.49. The number of aromatic nitrogens is 2. The standard InChI is InChI=1S/C30H33Cl2N5O4/c1-4-25(38)35-21-14-41-13-20(21)34-24-10-18-17(12-33-24)9-19(26-27(31)22(39-2)11-23(40-3)28(26)32)36-29(18)37-15-30(16-37)7-5-6-8-30/h4,9-12,20-21H,1,5-8,13-16H2,2-3H3,(H,33,34)(H,35,38)/t20-,21+/m1/s1. The summed E-state index contributed by atoms with van der Waals surface area (Å²) in [6.45, 7) is 6.33. The molecule has 2 aromatic heterocycles. The van der Waals surface area contributed by atoms with Gasteiger partial charge < -0.3 is 29.7 Å². The van der Waals surface area contributed by atoms with E-state index in [4.69, 9.17) is 47.4 Å². The van der Waals surface area contributed by atoms with Crippen molar-refractivity contribution in [1.29, 1.82) is 0 Å². The Bertz CT molecular complexity index is 1470. The van der Waals surface area contributed by atoms with E-state index < -0.39 is 0 Å². The molecular formula is C30H33Cl2N5O4. The van der Waals surface area contributed by atoms with Crippen LogP contribution in [0.3, 0.4) is 0 Å². The molecule has 1 saturated carbocycles. The molecule has 11 heteroatoms. The van der Waals surface area contributed by atoms with Gasteiger partial charge in [-0.2, -0.15) is 0 Å². The number of fused-ring (bicyclic) bond motifs is 1. The number of carbonyl (C=O) groups excluding carboxylic acids is 1. The number of methoxy groups -OCH3 is 2. The van der Waals surface area contributed by atoms with E-state index in [1.807, 2.05) is 18.3 Å². The fourth-order valence-corrected chi connectivity index (χ4v) is 7.01. The summed E-state index contributed by atoms with van der Waals surface area (Å²) in [5.41, 5.74) is 1.53. The number of anilines is 2. The van der Waals surface area contributed by atoms with Gasteiger partial charge in [-0.05, 0) is 31.1 Å². The number of carbonyl (C=O) groups is 1. The number of halogens is 2. The molecule has 216 valence electrons.